The van der Waals surface area contributed by atoms with E-state index in [0.29, 0.717) is 13.0 Å². The van der Waals surface area contributed by atoms with Gasteiger partial charge in [-0.05, 0) is 12.8 Å². The second-order valence-corrected chi connectivity index (χ2v) is 18.2. The van der Waals surface area contributed by atoms with Gasteiger partial charge in [0.25, 0.3) is 0 Å². The molecule has 0 heterocycles. The molecule has 56 heavy (non-hydrogen) atoms. The molecule has 0 saturated heterocycles. The van der Waals surface area contributed by atoms with Gasteiger partial charge in [0, 0.05) is 19.6 Å². The first-order valence-corrected chi connectivity index (χ1v) is 26.0. The molecule has 0 amide bonds. The van der Waals surface area contributed by atoms with Gasteiger partial charge in [0.1, 0.15) is 6.10 Å². The summed E-state index contributed by atoms with van der Waals surface area (Å²) in [4.78, 5) is 22.5. The van der Waals surface area contributed by atoms with Crippen LogP contribution >= 0.6 is 7.82 Å². The minimum absolute atomic E-state index is 0.0901. The van der Waals surface area contributed by atoms with Gasteiger partial charge < -0.3 is 20.1 Å². The van der Waals surface area contributed by atoms with E-state index < -0.39 is 13.9 Å². The number of rotatable bonds is 48. The number of ether oxygens (including phenoxy) is 2. The smallest absolute Gasteiger partial charge is 0.457 e. The molecule has 0 aliphatic heterocycles. The molecule has 0 radical (unpaired) electrons. The molecule has 8 nitrogen and oxygen atoms in total. The topological polar surface area (TPSA) is 117 Å². The Hall–Kier alpha value is -0.500. The third-order valence-corrected chi connectivity index (χ3v) is 12.0. The maximum atomic E-state index is 12.6. The lowest BCUT2D eigenvalue weighted by Gasteiger charge is -2.20. The maximum absolute atomic E-state index is 12.6. The van der Waals surface area contributed by atoms with Crippen molar-refractivity contribution >= 4 is 13.8 Å². The molecule has 336 valence electrons. The summed E-state index contributed by atoms with van der Waals surface area (Å²) in [7, 11) is -4.27. The second kappa shape index (κ2) is 45.6. The maximum Gasteiger partial charge on any atom is 0.472 e. The van der Waals surface area contributed by atoms with Gasteiger partial charge in [-0.15, -0.1) is 0 Å². The van der Waals surface area contributed by atoms with Crippen LogP contribution in [0.5, 0.6) is 0 Å². The van der Waals surface area contributed by atoms with Crippen molar-refractivity contribution in [2.24, 2.45) is 5.73 Å². The summed E-state index contributed by atoms with van der Waals surface area (Å²) in [5, 5.41) is 0. The predicted octanol–water partition coefficient (Wildman–Crippen LogP) is 14.9. The lowest BCUT2D eigenvalue weighted by molar-refractivity contribution is -0.154. The van der Waals surface area contributed by atoms with Gasteiger partial charge in [-0.25, -0.2) is 4.57 Å². The average molecular weight is 818 g/mol. The average Bonchev–Trinajstić information content (AvgIpc) is 3.19. The molecule has 0 bridgehead atoms. The number of phosphoric ester groups is 1. The van der Waals surface area contributed by atoms with Gasteiger partial charge in [0.2, 0.25) is 0 Å². The number of esters is 1. The Morgan fingerprint density at radius 1 is 0.464 bits per heavy atom. The van der Waals surface area contributed by atoms with Crippen LogP contribution in [0.25, 0.3) is 0 Å². The summed E-state index contributed by atoms with van der Waals surface area (Å²) in [5.41, 5.74) is 5.37. The zero-order chi connectivity index (χ0) is 40.9. The van der Waals surface area contributed by atoms with E-state index in [1.165, 1.54) is 205 Å². The molecule has 0 aromatic carbocycles. The van der Waals surface area contributed by atoms with Crippen molar-refractivity contribution in [1.82, 2.24) is 0 Å². The van der Waals surface area contributed by atoms with Crippen LogP contribution in [0.1, 0.15) is 258 Å². The van der Waals surface area contributed by atoms with Crippen molar-refractivity contribution in [3.05, 3.63) is 0 Å². The summed E-state index contributed by atoms with van der Waals surface area (Å²) in [6.07, 6.45) is 48.6. The zero-order valence-electron chi connectivity index (χ0n) is 37.4. The molecule has 0 aliphatic carbocycles. The van der Waals surface area contributed by atoms with E-state index in [4.69, 9.17) is 24.3 Å². The summed E-state index contributed by atoms with van der Waals surface area (Å²) in [6, 6.07) is 0. The summed E-state index contributed by atoms with van der Waals surface area (Å²) in [6.45, 7) is 4.98. The molecule has 2 atom stereocenters. The lowest BCUT2D eigenvalue weighted by Crippen LogP contribution is -2.28. The van der Waals surface area contributed by atoms with E-state index >= 15 is 0 Å². The first-order chi connectivity index (χ1) is 27.4. The molecular formula is C47H96NO7P. The summed E-state index contributed by atoms with van der Waals surface area (Å²) in [5.74, 6) is -0.325. The highest BCUT2D eigenvalue weighted by atomic mass is 31.2. The highest BCUT2D eigenvalue weighted by Gasteiger charge is 2.25. The van der Waals surface area contributed by atoms with Gasteiger partial charge >= 0.3 is 13.8 Å². The van der Waals surface area contributed by atoms with Crippen molar-refractivity contribution in [3.63, 3.8) is 0 Å². The lowest BCUT2D eigenvalue weighted by atomic mass is 10.0. The van der Waals surface area contributed by atoms with E-state index in [2.05, 4.69) is 13.8 Å². The van der Waals surface area contributed by atoms with Gasteiger partial charge in [0.05, 0.1) is 19.8 Å². The third-order valence-electron chi connectivity index (χ3n) is 11.0. The molecule has 0 aliphatic rings. The molecule has 0 fully saturated rings. The minimum Gasteiger partial charge on any atom is -0.457 e. The zero-order valence-corrected chi connectivity index (χ0v) is 38.3. The van der Waals surface area contributed by atoms with Crippen LogP contribution in [-0.2, 0) is 27.9 Å². The summed E-state index contributed by atoms with van der Waals surface area (Å²) < 4.78 is 33.5. The van der Waals surface area contributed by atoms with Crippen molar-refractivity contribution in [3.8, 4) is 0 Å². The number of phosphoric acid groups is 1. The monoisotopic (exact) mass is 818 g/mol. The Morgan fingerprint density at radius 3 is 1.12 bits per heavy atom. The largest absolute Gasteiger partial charge is 0.472 e. The standard InChI is InChI=1S/C47H96NO7P/c1-3-5-7-9-11-13-15-16-17-18-19-20-21-22-23-24-25-26-27-28-29-31-33-35-37-39-42-52-44-46(45-54-56(50,51)53-43-41-48)55-47(49)40-38-36-34-32-30-14-12-10-8-6-4-2/h46H,3-45,48H2,1-2H3,(H,50,51). The van der Waals surface area contributed by atoms with Crippen LogP contribution < -0.4 is 5.73 Å². The van der Waals surface area contributed by atoms with E-state index in [0.717, 1.165) is 32.1 Å². The molecule has 2 unspecified atom stereocenters. The first kappa shape index (κ1) is 55.5. The van der Waals surface area contributed by atoms with E-state index in [9.17, 15) is 14.3 Å². The van der Waals surface area contributed by atoms with Crippen LogP contribution in [0.2, 0.25) is 0 Å². The quantitative estimate of drug-likeness (QED) is 0.0354. The number of hydrogen-bond donors (Lipinski definition) is 2. The highest BCUT2D eigenvalue weighted by molar-refractivity contribution is 7.47. The van der Waals surface area contributed by atoms with Crippen LogP contribution in [0.3, 0.4) is 0 Å². The van der Waals surface area contributed by atoms with Crippen LogP contribution in [-0.4, -0.2) is 49.9 Å². The molecule has 3 N–H and O–H groups in total. The van der Waals surface area contributed by atoms with Crippen LogP contribution in [0.15, 0.2) is 0 Å². The van der Waals surface area contributed by atoms with Crippen molar-refractivity contribution in [1.29, 1.82) is 0 Å². The van der Waals surface area contributed by atoms with Crippen molar-refractivity contribution < 1.29 is 32.8 Å². The van der Waals surface area contributed by atoms with Gasteiger partial charge in [-0.3, -0.25) is 13.8 Å². The molecule has 0 spiro atoms. The number of carbonyl (C=O) groups is 1. The second-order valence-electron chi connectivity index (χ2n) is 16.7. The predicted molar refractivity (Wildman–Crippen MR) is 238 cm³/mol. The Labute approximate surface area is 348 Å². The number of unbranched alkanes of at least 4 members (excludes halogenated alkanes) is 35. The SMILES string of the molecule is CCCCCCCCCCCCCCCCCCCCCCCCCCCCOCC(COP(=O)(O)OCCN)OC(=O)CCCCCCCCCCCCC. The first-order valence-electron chi connectivity index (χ1n) is 24.5. The fourth-order valence-electron chi connectivity index (χ4n) is 7.41. The van der Waals surface area contributed by atoms with Gasteiger partial charge in [-0.2, -0.15) is 0 Å². The van der Waals surface area contributed by atoms with E-state index in [1.54, 1.807) is 0 Å². The molecule has 0 aromatic heterocycles. The van der Waals surface area contributed by atoms with E-state index in [1.807, 2.05) is 0 Å². The number of nitrogens with two attached hydrogens (primary N) is 1. The van der Waals surface area contributed by atoms with Gasteiger partial charge in [-0.1, -0.05) is 239 Å². The Bertz CT molecular complexity index is 832. The third kappa shape index (κ3) is 44.6. The molecule has 0 aromatic rings. The normalized spacial score (nSPS) is 13.3. The minimum atomic E-state index is -4.27. The van der Waals surface area contributed by atoms with Crippen LogP contribution in [0.4, 0.5) is 0 Å². The number of carbonyl (C=O) groups excluding carboxylic acids is 1. The molecule has 0 saturated carbocycles. The summed E-state index contributed by atoms with van der Waals surface area (Å²) >= 11 is 0. The van der Waals surface area contributed by atoms with Gasteiger partial charge in [0.15, 0.2) is 0 Å². The number of hydrogen-bond acceptors (Lipinski definition) is 7. The van der Waals surface area contributed by atoms with E-state index in [-0.39, 0.29) is 32.3 Å². The Kier molecular flexibility index (Phi) is 45.2. The van der Waals surface area contributed by atoms with Crippen molar-refractivity contribution in [2.75, 3.05) is 33.0 Å². The fourth-order valence-corrected chi connectivity index (χ4v) is 8.18. The Balaban J connectivity index is 3.78. The molecule has 9 heteroatoms. The molecule has 0 rings (SSSR count). The molecular weight excluding hydrogens is 721 g/mol. The highest BCUT2D eigenvalue weighted by Crippen LogP contribution is 2.43. The van der Waals surface area contributed by atoms with Crippen molar-refractivity contribution in [2.45, 2.75) is 264 Å². The van der Waals surface area contributed by atoms with Crippen LogP contribution in [0, 0.1) is 0 Å². The Morgan fingerprint density at radius 2 is 0.786 bits per heavy atom. The fraction of sp³-hybridized carbons (Fsp3) is 0.979.